The molecule has 0 radical (unpaired) electrons. The molecule has 0 amide bonds. The maximum absolute atomic E-state index is 6.78. The van der Waals surface area contributed by atoms with Crippen LogP contribution in [0.1, 0.15) is 55.9 Å². The van der Waals surface area contributed by atoms with Crippen LogP contribution in [0.3, 0.4) is 0 Å². The molecule has 1 aromatic carbocycles. The highest BCUT2D eigenvalue weighted by molar-refractivity contribution is 9.10. The number of alkyl halides is 1. The minimum atomic E-state index is 0.194. The molecule has 0 saturated heterocycles. The molecule has 0 nitrogen and oxygen atoms in total. The van der Waals surface area contributed by atoms with Gasteiger partial charge in [-0.25, -0.2) is 0 Å². The van der Waals surface area contributed by atoms with E-state index < -0.39 is 0 Å². The second-order valence-electron chi connectivity index (χ2n) is 7.64. The van der Waals surface area contributed by atoms with Crippen LogP contribution in [0, 0.1) is 23.2 Å². The molecule has 4 aliphatic rings. The van der Waals surface area contributed by atoms with Crippen molar-refractivity contribution < 1.29 is 0 Å². The van der Waals surface area contributed by atoms with Crippen molar-refractivity contribution in [3.63, 3.8) is 0 Å². The Bertz CT molecular complexity index is 457. The first kappa shape index (κ1) is 13.6. The summed E-state index contributed by atoms with van der Waals surface area (Å²) in [6, 6.07) is 8.60. The van der Waals surface area contributed by atoms with Crippen LogP contribution < -0.4 is 0 Å². The van der Waals surface area contributed by atoms with Gasteiger partial charge in [0.05, 0.1) is 5.38 Å². The maximum atomic E-state index is 6.78. The summed E-state index contributed by atoms with van der Waals surface area (Å²) in [6.07, 6.45) is 10.1. The zero-order valence-electron chi connectivity index (χ0n) is 11.8. The van der Waals surface area contributed by atoms with Gasteiger partial charge in [0.15, 0.2) is 0 Å². The molecule has 0 spiro atoms. The molecule has 0 aliphatic heterocycles. The number of rotatable bonds is 3. The van der Waals surface area contributed by atoms with E-state index in [0.29, 0.717) is 5.41 Å². The SMILES string of the molecule is ClC(CC12CC3CC(CC(C3)C1)C2)c1ccc(Br)cc1. The summed E-state index contributed by atoms with van der Waals surface area (Å²) in [6.45, 7) is 0. The standard InChI is InChI=1S/C18H22BrCl/c19-16-3-1-15(2-4-16)17(20)11-18-8-12-5-13(9-18)7-14(6-12)10-18/h1-4,12-14,17H,5-11H2. The highest BCUT2D eigenvalue weighted by Gasteiger charge is 2.51. The Hall–Kier alpha value is -0.0100. The molecule has 1 atom stereocenters. The summed E-state index contributed by atoms with van der Waals surface area (Å²) in [5.74, 6) is 3.07. The first-order chi connectivity index (χ1) is 9.62. The molecular weight excluding hydrogens is 332 g/mol. The average molecular weight is 354 g/mol. The molecule has 20 heavy (non-hydrogen) atoms. The largest absolute Gasteiger partial charge is 0.118 e. The van der Waals surface area contributed by atoms with Gasteiger partial charge < -0.3 is 0 Å². The average Bonchev–Trinajstić information content (AvgIpc) is 2.37. The smallest absolute Gasteiger partial charge is 0.0590 e. The lowest BCUT2D eigenvalue weighted by atomic mass is 9.48. The van der Waals surface area contributed by atoms with Crippen molar-refractivity contribution in [3.05, 3.63) is 34.3 Å². The van der Waals surface area contributed by atoms with Gasteiger partial charge in [0.1, 0.15) is 0 Å². The third kappa shape index (κ3) is 2.46. The molecule has 4 bridgehead atoms. The van der Waals surface area contributed by atoms with E-state index in [-0.39, 0.29) is 5.38 Å². The van der Waals surface area contributed by atoms with Crippen molar-refractivity contribution in [2.75, 3.05) is 0 Å². The first-order valence-electron chi connectivity index (χ1n) is 8.01. The molecule has 0 heterocycles. The van der Waals surface area contributed by atoms with E-state index in [1.165, 1.54) is 50.5 Å². The number of benzene rings is 1. The van der Waals surface area contributed by atoms with Crippen LogP contribution in [0.15, 0.2) is 28.7 Å². The van der Waals surface area contributed by atoms with Gasteiger partial charge in [-0.2, -0.15) is 0 Å². The summed E-state index contributed by atoms with van der Waals surface area (Å²) in [7, 11) is 0. The van der Waals surface area contributed by atoms with Crippen LogP contribution in [0.25, 0.3) is 0 Å². The molecule has 4 saturated carbocycles. The van der Waals surface area contributed by atoms with Gasteiger partial charge in [0.2, 0.25) is 0 Å². The normalized spacial score (nSPS) is 40.0. The Morgan fingerprint density at radius 2 is 1.50 bits per heavy atom. The lowest BCUT2D eigenvalue weighted by Gasteiger charge is -2.57. The van der Waals surface area contributed by atoms with Gasteiger partial charge in [0, 0.05) is 4.47 Å². The quantitative estimate of drug-likeness (QED) is 0.556. The summed E-state index contributed by atoms with van der Waals surface area (Å²) in [4.78, 5) is 0. The number of halogens is 2. The summed E-state index contributed by atoms with van der Waals surface area (Å²) in [5, 5.41) is 0.194. The van der Waals surface area contributed by atoms with E-state index in [4.69, 9.17) is 11.6 Å². The first-order valence-corrected chi connectivity index (χ1v) is 9.24. The molecule has 4 fully saturated rings. The Morgan fingerprint density at radius 1 is 1.00 bits per heavy atom. The molecule has 1 aromatic rings. The van der Waals surface area contributed by atoms with Gasteiger partial charge in [0.25, 0.3) is 0 Å². The second-order valence-corrected chi connectivity index (χ2v) is 9.08. The van der Waals surface area contributed by atoms with Crippen molar-refractivity contribution in [3.8, 4) is 0 Å². The van der Waals surface area contributed by atoms with Crippen molar-refractivity contribution in [2.45, 2.75) is 50.3 Å². The fourth-order valence-electron chi connectivity index (χ4n) is 5.71. The lowest BCUT2D eigenvalue weighted by Crippen LogP contribution is -2.46. The van der Waals surface area contributed by atoms with Crippen LogP contribution in [0.5, 0.6) is 0 Å². The third-order valence-corrected chi connectivity index (χ3v) is 6.94. The molecule has 108 valence electrons. The van der Waals surface area contributed by atoms with Crippen molar-refractivity contribution in [2.24, 2.45) is 23.2 Å². The van der Waals surface area contributed by atoms with Gasteiger partial charge in [-0.05, 0) is 85.8 Å². The summed E-state index contributed by atoms with van der Waals surface area (Å²) in [5.41, 5.74) is 1.87. The van der Waals surface area contributed by atoms with E-state index in [9.17, 15) is 0 Å². The second kappa shape index (κ2) is 5.02. The predicted molar refractivity (Wildman–Crippen MR) is 88.0 cm³/mol. The van der Waals surface area contributed by atoms with E-state index in [2.05, 4.69) is 40.2 Å². The van der Waals surface area contributed by atoms with E-state index in [1.807, 2.05) is 0 Å². The number of hydrogen-bond donors (Lipinski definition) is 0. The van der Waals surface area contributed by atoms with E-state index in [1.54, 1.807) is 0 Å². The molecular formula is C18H22BrCl. The molecule has 1 unspecified atom stereocenters. The highest BCUT2D eigenvalue weighted by atomic mass is 79.9. The molecule has 5 rings (SSSR count). The predicted octanol–water partition coefficient (Wildman–Crippen LogP) is 6.34. The molecule has 4 aliphatic carbocycles. The van der Waals surface area contributed by atoms with Crippen LogP contribution in [0.2, 0.25) is 0 Å². The lowest BCUT2D eigenvalue weighted by molar-refractivity contribution is -0.0576. The minimum absolute atomic E-state index is 0.194. The molecule has 0 N–H and O–H groups in total. The Labute approximate surface area is 135 Å². The molecule has 0 aromatic heterocycles. The van der Waals surface area contributed by atoms with Crippen molar-refractivity contribution in [1.29, 1.82) is 0 Å². The fourth-order valence-corrected chi connectivity index (χ4v) is 6.45. The Balaban J connectivity index is 1.52. The topological polar surface area (TPSA) is 0 Å². The van der Waals surface area contributed by atoms with Crippen LogP contribution >= 0.6 is 27.5 Å². The van der Waals surface area contributed by atoms with Gasteiger partial charge >= 0.3 is 0 Å². The van der Waals surface area contributed by atoms with Crippen LogP contribution in [0.4, 0.5) is 0 Å². The third-order valence-electron chi connectivity index (χ3n) is 6.01. The van der Waals surface area contributed by atoms with Crippen LogP contribution in [-0.2, 0) is 0 Å². The Kier molecular flexibility index (Phi) is 3.42. The van der Waals surface area contributed by atoms with Gasteiger partial charge in [-0.1, -0.05) is 28.1 Å². The summed E-state index contributed by atoms with van der Waals surface area (Å²) >= 11 is 10.3. The molecule has 2 heteroatoms. The van der Waals surface area contributed by atoms with Gasteiger partial charge in [-0.15, -0.1) is 11.6 Å². The van der Waals surface area contributed by atoms with Crippen molar-refractivity contribution in [1.82, 2.24) is 0 Å². The fraction of sp³-hybridized carbons (Fsp3) is 0.667. The monoisotopic (exact) mass is 352 g/mol. The highest BCUT2D eigenvalue weighted by Crippen LogP contribution is 2.62. The summed E-state index contributed by atoms with van der Waals surface area (Å²) < 4.78 is 1.14. The van der Waals surface area contributed by atoms with Crippen LogP contribution in [-0.4, -0.2) is 0 Å². The van der Waals surface area contributed by atoms with Gasteiger partial charge in [-0.3, -0.25) is 0 Å². The van der Waals surface area contributed by atoms with E-state index in [0.717, 1.165) is 22.2 Å². The number of hydrogen-bond acceptors (Lipinski definition) is 0. The van der Waals surface area contributed by atoms with E-state index >= 15 is 0 Å². The van der Waals surface area contributed by atoms with Crippen molar-refractivity contribution >= 4 is 27.5 Å². The minimum Gasteiger partial charge on any atom is -0.118 e. The zero-order valence-corrected chi connectivity index (χ0v) is 14.2. The zero-order chi connectivity index (χ0) is 13.7. The maximum Gasteiger partial charge on any atom is 0.0590 e. The Morgan fingerprint density at radius 3 is 2.00 bits per heavy atom.